The topological polar surface area (TPSA) is 226 Å². The Labute approximate surface area is 293 Å². The van der Waals surface area contributed by atoms with Gasteiger partial charge < -0.3 is 46.0 Å². The van der Waals surface area contributed by atoms with Gasteiger partial charge in [0.05, 0.1) is 31.3 Å². The first-order valence-corrected chi connectivity index (χ1v) is 19.9. The lowest BCUT2D eigenvalue weighted by Gasteiger charge is -2.41. The minimum absolute atomic E-state index is 0.252. The number of carbonyl (C=O) groups excluding carboxylic acids is 1. The molecule has 0 saturated heterocycles. The minimum Gasteiger partial charge on any atom is -0.392 e. The fourth-order valence-corrected chi connectivity index (χ4v) is 6.62. The van der Waals surface area contributed by atoms with Crippen LogP contribution in [0.2, 0.25) is 0 Å². The maximum absolute atomic E-state index is 12.8. The molecule has 0 radical (unpaired) electrons. The van der Waals surface area contributed by atoms with Crippen molar-refractivity contribution < 1.29 is 59.0 Å². The predicted molar refractivity (Wildman–Crippen MR) is 187 cm³/mol. The van der Waals surface area contributed by atoms with E-state index in [4.69, 9.17) is 9.05 Å². The molecule has 8 unspecified atom stereocenters. The summed E-state index contributed by atoms with van der Waals surface area (Å²) in [5.74, 6) is -0.633. The van der Waals surface area contributed by atoms with Crippen molar-refractivity contribution >= 4 is 13.7 Å². The Morgan fingerprint density at radius 3 is 1.73 bits per heavy atom. The largest absolute Gasteiger partial charge is 0.472 e. The molecule has 1 aliphatic rings. The molecule has 49 heavy (non-hydrogen) atoms. The molecular formula is C35H66NO12P. The van der Waals surface area contributed by atoms with Crippen LogP contribution in [-0.2, 0) is 18.4 Å². The van der Waals surface area contributed by atoms with Crippen molar-refractivity contribution in [1.29, 1.82) is 0 Å². The van der Waals surface area contributed by atoms with Crippen LogP contribution in [0.5, 0.6) is 0 Å². The van der Waals surface area contributed by atoms with Gasteiger partial charge in [-0.2, -0.15) is 0 Å². The summed E-state index contributed by atoms with van der Waals surface area (Å²) in [6.45, 7) is 3.59. The molecular weight excluding hydrogens is 657 g/mol. The molecule has 0 aromatic rings. The molecule has 0 heterocycles. The minimum atomic E-state index is -5.13. The van der Waals surface area contributed by atoms with Gasteiger partial charge in [-0.3, -0.25) is 13.8 Å². The van der Waals surface area contributed by atoms with Crippen LogP contribution in [-0.4, -0.2) is 108 Å². The fourth-order valence-electron chi connectivity index (χ4n) is 5.65. The molecule has 1 aliphatic carbocycles. The zero-order valence-electron chi connectivity index (χ0n) is 29.6. The highest BCUT2D eigenvalue weighted by Gasteiger charge is 2.51. The van der Waals surface area contributed by atoms with Crippen molar-refractivity contribution in [2.24, 2.45) is 0 Å². The van der Waals surface area contributed by atoms with Crippen LogP contribution >= 0.6 is 7.82 Å². The van der Waals surface area contributed by atoms with E-state index in [-0.39, 0.29) is 12.8 Å². The third-order valence-corrected chi connectivity index (χ3v) is 9.77. The monoisotopic (exact) mass is 723 g/mol. The average molecular weight is 724 g/mol. The Morgan fingerprint density at radius 2 is 1.18 bits per heavy atom. The van der Waals surface area contributed by atoms with Crippen molar-refractivity contribution in [3.63, 3.8) is 0 Å². The van der Waals surface area contributed by atoms with Crippen LogP contribution in [0, 0.1) is 0 Å². The van der Waals surface area contributed by atoms with Crippen molar-refractivity contribution in [3.8, 4) is 0 Å². The van der Waals surface area contributed by atoms with E-state index < -0.39 is 75.2 Å². The first kappa shape index (κ1) is 45.8. The number of allylic oxidation sites excluding steroid dienone is 2. The summed E-state index contributed by atoms with van der Waals surface area (Å²) < 4.78 is 22.6. The molecule has 0 aliphatic heterocycles. The molecule has 0 aromatic carbocycles. The predicted octanol–water partition coefficient (Wildman–Crippen LogP) is 3.69. The molecule has 1 saturated carbocycles. The summed E-state index contributed by atoms with van der Waals surface area (Å²) in [6, 6.07) is -1.25. The molecule has 13 nitrogen and oxygen atoms in total. The number of rotatable bonds is 28. The quantitative estimate of drug-likeness (QED) is 0.0320. The van der Waals surface area contributed by atoms with Crippen LogP contribution in [0.15, 0.2) is 24.3 Å². The van der Waals surface area contributed by atoms with Crippen molar-refractivity contribution in [2.75, 3.05) is 6.61 Å². The smallest absolute Gasteiger partial charge is 0.392 e. The Bertz CT molecular complexity index is 953. The highest BCUT2D eigenvalue weighted by Crippen LogP contribution is 2.47. The lowest BCUT2D eigenvalue weighted by atomic mass is 9.85. The summed E-state index contributed by atoms with van der Waals surface area (Å²) in [7, 11) is -5.13. The molecule has 0 spiro atoms. The van der Waals surface area contributed by atoms with Gasteiger partial charge in [0.15, 0.2) is 0 Å². The maximum Gasteiger partial charge on any atom is 0.472 e. The van der Waals surface area contributed by atoms with Gasteiger partial charge in [-0.1, -0.05) is 115 Å². The van der Waals surface area contributed by atoms with E-state index in [1.807, 2.05) is 12.2 Å². The van der Waals surface area contributed by atoms with E-state index >= 15 is 0 Å². The summed E-state index contributed by atoms with van der Waals surface area (Å²) in [6.07, 6.45) is 10.5. The number of aliphatic hydroxyl groups excluding tert-OH is 7. The number of unbranched alkanes of at least 4 members (excludes halogenated alkanes) is 14. The molecule has 0 bridgehead atoms. The molecule has 1 fully saturated rings. The van der Waals surface area contributed by atoms with Crippen LogP contribution in [0.3, 0.4) is 0 Å². The molecule has 288 valence electrons. The third-order valence-electron chi connectivity index (χ3n) is 8.78. The lowest BCUT2D eigenvalue weighted by Crippen LogP contribution is -2.64. The SMILES string of the molecule is CCCCCC/C=C\CC(O)CC(=O)NC(COP(=O)(O)OC1C(O)C(O)C(O)C(O)C1O)C(O)/C=C/CCCCCCCCCCCC. The molecule has 1 rings (SSSR count). The average Bonchev–Trinajstić information content (AvgIpc) is 3.06. The number of carbonyl (C=O) groups is 1. The Kier molecular flexibility index (Phi) is 24.8. The van der Waals surface area contributed by atoms with Gasteiger partial charge in [0.1, 0.15) is 36.6 Å². The van der Waals surface area contributed by atoms with Crippen molar-refractivity contribution in [1.82, 2.24) is 5.32 Å². The highest BCUT2D eigenvalue weighted by atomic mass is 31.2. The maximum atomic E-state index is 12.8. The zero-order valence-corrected chi connectivity index (χ0v) is 30.5. The number of phosphoric ester groups is 1. The Balaban J connectivity index is 2.73. The molecule has 14 heteroatoms. The molecule has 1 amide bonds. The second-order valence-corrected chi connectivity index (χ2v) is 14.7. The van der Waals surface area contributed by atoms with Crippen molar-refractivity contribution in [3.05, 3.63) is 24.3 Å². The van der Waals surface area contributed by atoms with Crippen LogP contribution in [0.1, 0.15) is 129 Å². The normalized spacial score (nSPS) is 26.2. The first-order chi connectivity index (χ1) is 23.3. The summed E-state index contributed by atoms with van der Waals surface area (Å²) in [5.41, 5.74) is 0. The number of hydrogen-bond donors (Lipinski definition) is 9. The van der Waals surface area contributed by atoms with E-state index in [1.54, 1.807) is 6.08 Å². The second-order valence-electron chi connectivity index (χ2n) is 13.3. The standard InChI is InChI=1S/C35H66NO12P/c1-3-5-7-9-11-12-13-14-15-17-19-21-23-28(38)27(36-29(39)24-26(37)22-20-18-16-10-8-6-4-2)25-47-49(45,46)48-35-33(43)31(41)30(40)32(42)34(35)44/h18,20-21,23,26-28,30-35,37-38,40-44H,3-17,19,22,24-25H2,1-2H3,(H,36,39)(H,45,46)/b20-18-,23-21+. The van der Waals surface area contributed by atoms with Gasteiger partial charge in [-0.05, 0) is 32.1 Å². The van der Waals surface area contributed by atoms with Gasteiger partial charge in [0, 0.05) is 0 Å². The number of aliphatic hydroxyl groups is 7. The lowest BCUT2D eigenvalue weighted by molar-refractivity contribution is -0.220. The van der Waals surface area contributed by atoms with Crippen LogP contribution in [0.4, 0.5) is 0 Å². The number of phosphoric acid groups is 1. The van der Waals surface area contributed by atoms with E-state index in [1.165, 1.54) is 57.4 Å². The molecule has 9 N–H and O–H groups in total. The Hall–Kier alpha value is -1.22. The van der Waals surface area contributed by atoms with Crippen LogP contribution in [0.25, 0.3) is 0 Å². The summed E-state index contributed by atoms with van der Waals surface area (Å²) in [4.78, 5) is 23.1. The van der Waals surface area contributed by atoms with E-state index in [9.17, 15) is 50.0 Å². The van der Waals surface area contributed by atoms with Gasteiger partial charge >= 0.3 is 7.82 Å². The fraction of sp³-hybridized carbons (Fsp3) is 0.857. The molecule has 0 aromatic heterocycles. The van der Waals surface area contributed by atoms with E-state index in [2.05, 4.69) is 19.2 Å². The van der Waals surface area contributed by atoms with Crippen LogP contribution < -0.4 is 5.32 Å². The number of hydrogen-bond acceptors (Lipinski definition) is 11. The first-order valence-electron chi connectivity index (χ1n) is 18.4. The van der Waals surface area contributed by atoms with Crippen molar-refractivity contribution in [2.45, 2.75) is 184 Å². The van der Waals surface area contributed by atoms with Gasteiger partial charge in [0.25, 0.3) is 0 Å². The van der Waals surface area contributed by atoms with E-state index in [0.29, 0.717) is 6.42 Å². The van der Waals surface area contributed by atoms with E-state index in [0.717, 1.165) is 44.9 Å². The summed E-state index contributed by atoms with van der Waals surface area (Å²) >= 11 is 0. The van der Waals surface area contributed by atoms with Gasteiger partial charge in [-0.25, -0.2) is 4.57 Å². The van der Waals surface area contributed by atoms with Gasteiger partial charge in [0.2, 0.25) is 5.91 Å². The summed E-state index contributed by atoms with van der Waals surface area (Å²) in [5, 5.41) is 73.7. The number of nitrogens with one attached hydrogen (secondary N) is 1. The zero-order chi connectivity index (χ0) is 36.7. The molecule has 8 atom stereocenters. The third kappa shape index (κ3) is 19.8. The highest BCUT2D eigenvalue weighted by molar-refractivity contribution is 7.47. The second kappa shape index (κ2) is 26.5. The number of amides is 1. The Morgan fingerprint density at radius 1 is 0.714 bits per heavy atom. The van der Waals surface area contributed by atoms with Gasteiger partial charge in [-0.15, -0.1) is 0 Å².